The van der Waals surface area contributed by atoms with Crippen LogP contribution in [0, 0.1) is 14.0 Å². The standard InChI is InChI=1S/C6H11NO2.Y/c1-4-7(2)5-6(8)9-3;/h1-2,4-5H2,3H3;/q-2;. The molecule has 0 rings (SSSR count). The topological polar surface area (TPSA) is 29.5 Å². The monoisotopic (exact) mass is 218 g/mol. The summed E-state index contributed by atoms with van der Waals surface area (Å²) in [5, 5.41) is 0. The van der Waals surface area contributed by atoms with Crippen molar-refractivity contribution in [3.05, 3.63) is 14.0 Å². The number of rotatable bonds is 3. The minimum absolute atomic E-state index is 0. The first kappa shape index (κ1) is 13.1. The van der Waals surface area contributed by atoms with Gasteiger partial charge in [0.2, 0.25) is 0 Å². The van der Waals surface area contributed by atoms with Crippen LogP contribution in [0.5, 0.6) is 0 Å². The van der Waals surface area contributed by atoms with E-state index >= 15 is 0 Å². The number of hydrogen-bond acceptors (Lipinski definition) is 3. The van der Waals surface area contributed by atoms with Crippen molar-refractivity contribution < 1.29 is 42.2 Å². The van der Waals surface area contributed by atoms with Gasteiger partial charge < -0.3 is 16.6 Å². The van der Waals surface area contributed by atoms with E-state index in [9.17, 15) is 4.79 Å². The van der Waals surface area contributed by atoms with Crippen LogP contribution in [0.2, 0.25) is 0 Å². The number of carbonyl (C=O) groups excluding carboxylic acids is 1. The maximum absolute atomic E-state index is 10.4. The first-order valence-electron chi connectivity index (χ1n) is 2.62. The Morgan fingerprint density at radius 1 is 1.70 bits per heavy atom. The van der Waals surface area contributed by atoms with Gasteiger partial charge in [-0.25, -0.2) is 0 Å². The second kappa shape index (κ2) is 7.64. The molecule has 0 aliphatic rings. The van der Waals surface area contributed by atoms with Gasteiger partial charge in [0.15, 0.2) is 0 Å². The van der Waals surface area contributed by atoms with Crippen LogP contribution in [0.15, 0.2) is 0 Å². The van der Waals surface area contributed by atoms with Crippen molar-refractivity contribution in [1.29, 1.82) is 0 Å². The molecule has 0 amide bonds. The van der Waals surface area contributed by atoms with Gasteiger partial charge in [-0.15, -0.1) is 0 Å². The largest absolute Gasteiger partial charge is 0.475 e. The van der Waals surface area contributed by atoms with Crippen LogP contribution in [0.1, 0.15) is 0 Å². The number of hydrogen-bond donors (Lipinski definition) is 0. The Bertz CT molecular complexity index is 97.7. The van der Waals surface area contributed by atoms with E-state index in [0.29, 0.717) is 6.54 Å². The third kappa shape index (κ3) is 6.65. The van der Waals surface area contributed by atoms with Crippen LogP contribution in [-0.4, -0.2) is 31.1 Å². The SMILES string of the molecule is [CH2-]CN([CH2-])CC(=O)OC.[Y]. The predicted molar refractivity (Wildman–Crippen MR) is 34.3 cm³/mol. The zero-order valence-corrected chi connectivity index (χ0v) is 9.01. The molecule has 0 aliphatic heterocycles. The van der Waals surface area contributed by atoms with Gasteiger partial charge in [0.25, 0.3) is 0 Å². The molecule has 0 unspecified atom stereocenters. The molecule has 0 heterocycles. The van der Waals surface area contributed by atoms with Crippen molar-refractivity contribution in [3.63, 3.8) is 0 Å². The van der Waals surface area contributed by atoms with Crippen molar-refractivity contribution in [3.8, 4) is 0 Å². The number of ether oxygens (including phenoxy) is 1. The Kier molecular flexibility index (Phi) is 10.0. The number of methoxy groups -OCH3 is 1. The summed E-state index contributed by atoms with van der Waals surface area (Å²) >= 11 is 0. The Morgan fingerprint density at radius 3 is 2.50 bits per heavy atom. The minimum Gasteiger partial charge on any atom is -0.475 e. The Balaban J connectivity index is 0. The van der Waals surface area contributed by atoms with E-state index in [4.69, 9.17) is 0 Å². The normalized spacial score (nSPS) is 8.80. The van der Waals surface area contributed by atoms with E-state index in [1.807, 2.05) is 0 Å². The molecule has 0 saturated heterocycles. The summed E-state index contributed by atoms with van der Waals surface area (Å²) in [6, 6.07) is 0. The van der Waals surface area contributed by atoms with E-state index < -0.39 is 0 Å². The van der Waals surface area contributed by atoms with Crippen molar-refractivity contribution in [2.24, 2.45) is 0 Å². The van der Waals surface area contributed by atoms with Crippen molar-refractivity contribution in [2.45, 2.75) is 0 Å². The quantitative estimate of drug-likeness (QED) is 0.496. The van der Waals surface area contributed by atoms with Crippen molar-refractivity contribution in [2.75, 3.05) is 20.2 Å². The molecular formula is C6H11NO2Y-2. The summed E-state index contributed by atoms with van der Waals surface area (Å²) in [6.45, 7) is 4.25. The molecule has 0 fully saturated rings. The second-order valence-corrected chi connectivity index (χ2v) is 1.63. The molecule has 0 N–H and O–H groups in total. The van der Waals surface area contributed by atoms with Crippen LogP contribution in [0.25, 0.3) is 0 Å². The zero-order chi connectivity index (χ0) is 7.28. The first-order valence-corrected chi connectivity index (χ1v) is 2.62. The molecular weight excluding hydrogens is 207 g/mol. The van der Waals surface area contributed by atoms with Gasteiger partial charge in [0.05, 0.1) is 13.7 Å². The maximum Gasteiger partial charge on any atom is 0.317 e. The van der Waals surface area contributed by atoms with Gasteiger partial charge in [-0.2, -0.15) is 6.54 Å². The smallest absolute Gasteiger partial charge is 0.317 e. The van der Waals surface area contributed by atoms with E-state index in [1.54, 1.807) is 0 Å². The van der Waals surface area contributed by atoms with Crippen LogP contribution in [-0.2, 0) is 42.2 Å². The molecule has 0 aliphatic carbocycles. The van der Waals surface area contributed by atoms with Crippen LogP contribution in [0.3, 0.4) is 0 Å². The molecule has 0 atom stereocenters. The van der Waals surface area contributed by atoms with Gasteiger partial charge in [0, 0.05) is 32.7 Å². The molecule has 4 heteroatoms. The third-order valence-electron chi connectivity index (χ3n) is 0.897. The Labute approximate surface area is 87.0 Å². The molecule has 0 bridgehead atoms. The van der Waals surface area contributed by atoms with Gasteiger partial charge in [0.1, 0.15) is 0 Å². The van der Waals surface area contributed by atoms with Crippen LogP contribution in [0.4, 0.5) is 0 Å². The maximum atomic E-state index is 10.4. The van der Waals surface area contributed by atoms with E-state index in [2.05, 4.69) is 18.7 Å². The summed E-state index contributed by atoms with van der Waals surface area (Å²) in [4.78, 5) is 12.0. The molecule has 3 nitrogen and oxygen atoms in total. The Hall–Kier alpha value is 0.534. The number of esters is 1. The Morgan fingerprint density at radius 2 is 2.20 bits per heavy atom. The van der Waals surface area contributed by atoms with E-state index in [-0.39, 0.29) is 45.2 Å². The molecule has 57 valence electrons. The van der Waals surface area contributed by atoms with E-state index in [1.165, 1.54) is 12.0 Å². The first-order chi connectivity index (χ1) is 4.20. The minimum atomic E-state index is -0.284. The fourth-order valence-corrected chi connectivity index (χ4v) is 0.326. The van der Waals surface area contributed by atoms with Gasteiger partial charge in [-0.3, -0.25) is 11.8 Å². The van der Waals surface area contributed by atoms with Gasteiger partial charge >= 0.3 is 5.97 Å². The molecule has 0 spiro atoms. The average Bonchev–Trinajstić information content (AvgIpc) is 1.87. The predicted octanol–water partition coefficient (Wildman–Crippen LogP) is 0.0846. The van der Waals surface area contributed by atoms with Crippen molar-refractivity contribution >= 4 is 5.97 Å². The molecule has 0 saturated carbocycles. The van der Waals surface area contributed by atoms with E-state index in [0.717, 1.165) is 0 Å². The molecule has 10 heavy (non-hydrogen) atoms. The van der Waals surface area contributed by atoms with Gasteiger partial charge in [-0.1, -0.05) is 0 Å². The summed E-state index contributed by atoms with van der Waals surface area (Å²) in [5.74, 6) is -0.284. The fraction of sp³-hybridized carbons (Fsp3) is 0.500. The summed E-state index contributed by atoms with van der Waals surface area (Å²) in [6.07, 6.45) is 0. The summed E-state index contributed by atoms with van der Waals surface area (Å²) in [7, 11) is 4.86. The summed E-state index contributed by atoms with van der Waals surface area (Å²) < 4.78 is 4.37. The van der Waals surface area contributed by atoms with Gasteiger partial charge in [-0.05, 0) is 0 Å². The van der Waals surface area contributed by atoms with Crippen LogP contribution < -0.4 is 0 Å². The van der Waals surface area contributed by atoms with Crippen LogP contribution >= 0.6 is 0 Å². The number of carbonyl (C=O) groups is 1. The summed E-state index contributed by atoms with van der Waals surface area (Å²) in [5.41, 5.74) is 0. The molecule has 1 radical (unpaired) electrons. The zero-order valence-electron chi connectivity index (χ0n) is 6.17. The molecule has 0 aromatic carbocycles. The second-order valence-electron chi connectivity index (χ2n) is 1.63. The average molecular weight is 218 g/mol. The molecule has 0 aromatic rings. The molecule has 0 aromatic heterocycles. The fourth-order valence-electron chi connectivity index (χ4n) is 0.326. The third-order valence-corrected chi connectivity index (χ3v) is 0.897. The number of nitrogens with zero attached hydrogens (tertiary/aromatic N) is 1. The van der Waals surface area contributed by atoms with Crippen molar-refractivity contribution in [1.82, 2.24) is 4.90 Å².